The fourth-order valence-corrected chi connectivity index (χ4v) is 0.967. The van der Waals surface area contributed by atoms with E-state index in [1.807, 2.05) is 20.8 Å². The Bertz CT molecular complexity index is 153. The Morgan fingerprint density at radius 3 is 2.42 bits per heavy atom. The van der Waals surface area contributed by atoms with Gasteiger partial charge in [-0.2, -0.15) is 5.26 Å². The third-order valence-corrected chi connectivity index (χ3v) is 2.09. The Hall–Kier alpha value is -0.590. The van der Waals surface area contributed by atoms with Gasteiger partial charge in [-0.25, -0.2) is 0 Å². The van der Waals surface area contributed by atoms with Crippen LogP contribution < -0.4 is 5.32 Å². The van der Waals surface area contributed by atoms with E-state index in [-0.39, 0.29) is 24.6 Å². The first-order valence-corrected chi connectivity index (χ1v) is 4.35. The van der Waals surface area contributed by atoms with Gasteiger partial charge in [-0.1, -0.05) is 6.92 Å². The number of aliphatic hydroxyl groups excluding tert-OH is 1. The summed E-state index contributed by atoms with van der Waals surface area (Å²) in [6, 6.07) is 2.57. The Morgan fingerprint density at radius 1 is 1.42 bits per heavy atom. The molecule has 0 aromatic carbocycles. The quantitative estimate of drug-likeness (QED) is 0.644. The lowest BCUT2D eigenvalue weighted by Gasteiger charge is -2.22. The predicted octanol–water partition coefficient (Wildman–Crippen LogP) is 0.895. The van der Waals surface area contributed by atoms with E-state index in [4.69, 9.17) is 10.4 Å². The second kappa shape index (κ2) is 5.99. The lowest BCUT2D eigenvalue weighted by Crippen LogP contribution is -2.39. The molecule has 0 fully saturated rings. The molecule has 0 spiro atoms. The average Bonchev–Trinajstić information content (AvgIpc) is 2.03. The highest BCUT2D eigenvalue weighted by Crippen LogP contribution is 2.02. The number of aliphatic hydroxyl groups is 1. The summed E-state index contributed by atoms with van der Waals surface area (Å²) >= 11 is 0. The number of rotatable bonds is 5. The molecule has 0 aliphatic heterocycles. The zero-order valence-electron chi connectivity index (χ0n) is 8.04. The van der Waals surface area contributed by atoms with Gasteiger partial charge in [-0.15, -0.1) is 0 Å². The summed E-state index contributed by atoms with van der Waals surface area (Å²) in [5.41, 5.74) is 0. The Balaban J connectivity index is 3.68. The summed E-state index contributed by atoms with van der Waals surface area (Å²) in [7, 11) is 0. The number of nitrogens with zero attached hydrogens (tertiary/aromatic N) is 1. The summed E-state index contributed by atoms with van der Waals surface area (Å²) in [6.07, 6.45) is 0.516. The smallest absolute Gasteiger partial charge is 0.0638 e. The second-order valence-electron chi connectivity index (χ2n) is 3.38. The average molecular weight is 170 g/mol. The van der Waals surface area contributed by atoms with Gasteiger partial charge in [0.25, 0.3) is 0 Å². The van der Waals surface area contributed by atoms with Gasteiger partial charge in [0.15, 0.2) is 0 Å². The number of nitrogens with one attached hydrogen (secondary N) is 1. The van der Waals surface area contributed by atoms with Gasteiger partial charge in [-0.05, 0) is 19.8 Å². The normalized spacial score (nSPS) is 17.9. The maximum Gasteiger partial charge on any atom is 0.0638 e. The predicted molar refractivity (Wildman–Crippen MR) is 48.5 cm³/mol. The molecule has 3 heteroatoms. The molecule has 0 bridgehead atoms. The SMILES string of the molecule is CC(CC#N)NC(C)C(C)CO. The molecule has 12 heavy (non-hydrogen) atoms. The van der Waals surface area contributed by atoms with Crippen LogP contribution in [-0.2, 0) is 0 Å². The second-order valence-corrected chi connectivity index (χ2v) is 3.38. The Morgan fingerprint density at radius 2 is 2.00 bits per heavy atom. The van der Waals surface area contributed by atoms with Crippen LogP contribution in [0.2, 0.25) is 0 Å². The van der Waals surface area contributed by atoms with Crippen LogP contribution in [0.25, 0.3) is 0 Å². The molecule has 0 saturated heterocycles. The maximum absolute atomic E-state index is 8.84. The number of nitriles is 1. The Labute approximate surface area is 74.4 Å². The van der Waals surface area contributed by atoms with Gasteiger partial charge in [0.2, 0.25) is 0 Å². The molecule has 2 N–H and O–H groups in total. The van der Waals surface area contributed by atoms with E-state index in [0.29, 0.717) is 6.42 Å². The monoisotopic (exact) mass is 170 g/mol. The molecule has 3 nitrogen and oxygen atoms in total. The van der Waals surface area contributed by atoms with Crippen molar-refractivity contribution in [1.82, 2.24) is 5.32 Å². The van der Waals surface area contributed by atoms with E-state index in [2.05, 4.69) is 11.4 Å². The van der Waals surface area contributed by atoms with E-state index >= 15 is 0 Å². The van der Waals surface area contributed by atoms with Gasteiger partial charge in [0.05, 0.1) is 12.5 Å². The molecular weight excluding hydrogens is 152 g/mol. The third kappa shape index (κ3) is 4.32. The molecule has 0 aromatic rings. The molecule has 0 aliphatic carbocycles. The van der Waals surface area contributed by atoms with Crippen LogP contribution in [0.5, 0.6) is 0 Å². The molecule has 0 rings (SSSR count). The van der Waals surface area contributed by atoms with Crippen LogP contribution >= 0.6 is 0 Å². The van der Waals surface area contributed by atoms with Crippen molar-refractivity contribution in [3.8, 4) is 6.07 Å². The largest absolute Gasteiger partial charge is 0.396 e. The van der Waals surface area contributed by atoms with Gasteiger partial charge in [-0.3, -0.25) is 0 Å². The Kier molecular flexibility index (Phi) is 5.69. The summed E-state index contributed by atoms with van der Waals surface area (Å²) in [5, 5.41) is 20.5. The molecular formula is C9H18N2O. The topological polar surface area (TPSA) is 56.0 Å². The van der Waals surface area contributed by atoms with Crippen LogP contribution in [0.3, 0.4) is 0 Å². The minimum Gasteiger partial charge on any atom is -0.396 e. The van der Waals surface area contributed by atoms with Crippen LogP contribution in [-0.4, -0.2) is 23.8 Å². The van der Waals surface area contributed by atoms with E-state index in [9.17, 15) is 0 Å². The van der Waals surface area contributed by atoms with Crippen LogP contribution in [0, 0.1) is 17.2 Å². The summed E-state index contributed by atoms with van der Waals surface area (Å²) in [5.74, 6) is 0.242. The van der Waals surface area contributed by atoms with Crippen molar-refractivity contribution in [2.75, 3.05) is 6.61 Å². The zero-order valence-corrected chi connectivity index (χ0v) is 8.04. The number of hydrogen-bond donors (Lipinski definition) is 2. The maximum atomic E-state index is 8.84. The first-order chi connectivity index (χ1) is 5.61. The fraction of sp³-hybridized carbons (Fsp3) is 0.889. The van der Waals surface area contributed by atoms with Crippen LogP contribution in [0.1, 0.15) is 27.2 Å². The molecule has 0 saturated carbocycles. The molecule has 0 aromatic heterocycles. The zero-order chi connectivity index (χ0) is 9.56. The molecule has 0 heterocycles. The standard InChI is InChI=1S/C9H18N2O/c1-7(6-12)9(3)11-8(2)4-5-10/h7-9,11-12H,4,6H2,1-3H3. The summed E-state index contributed by atoms with van der Waals surface area (Å²) in [4.78, 5) is 0. The van der Waals surface area contributed by atoms with Gasteiger partial charge >= 0.3 is 0 Å². The third-order valence-electron chi connectivity index (χ3n) is 2.09. The molecule has 0 amide bonds. The van der Waals surface area contributed by atoms with Gasteiger partial charge in [0.1, 0.15) is 0 Å². The van der Waals surface area contributed by atoms with E-state index < -0.39 is 0 Å². The summed E-state index contributed by atoms with van der Waals surface area (Å²) < 4.78 is 0. The van der Waals surface area contributed by atoms with Crippen molar-refractivity contribution in [1.29, 1.82) is 5.26 Å². The molecule has 3 atom stereocenters. The fourth-order valence-electron chi connectivity index (χ4n) is 0.967. The van der Waals surface area contributed by atoms with Crippen LogP contribution in [0.4, 0.5) is 0 Å². The van der Waals surface area contributed by atoms with Crippen molar-refractivity contribution in [3.63, 3.8) is 0 Å². The van der Waals surface area contributed by atoms with E-state index in [0.717, 1.165) is 0 Å². The molecule has 0 radical (unpaired) electrons. The highest BCUT2D eigenvalue weighted by atomic mass is 16.3. The molecule has 70 valence electrons. The van der Waals surface area contributed by atoms with Crippen molar-refractivity contribution >= 4 is 0 Å². The first-order valence-electron chi connectivity index (χ1n) is 4.35. The lowest BCUT2D eigenvalue weighted by atomic mass is 10.0. The highest BCUT2D eigenvalue weighted by molar-refractivity contribution is 4.80. The van der Waals surface area contributed by atoms with Gasteiger partial charge < -0.3 is 10.4 Å². The highest BCUT2D eigenvalue weighted by Gasteiger charge is 2.12. The number of hydrogen-bond acceptors (Lipinski definition) is 3. The molecule has 0 aliphatic rings. The minimum absolute atomic E-state index is 0.188. The molecule has 3 unspecified atom stereocenters. The lowest BCUT2D eigenvalue weighted by molar-refractivity contribution is 0.202. The minimum atomic E-state index is 0.188. The first kappa shape index (κ1) is 11.4. The van der Waals surface area contributed by atoms with E-state index in [1.165, 1.54) is 0 Å². The summed E-state index contributed by atoms with van der Waals surface area (Å²) in [6.45, 7) is 6.17. The van der Waals surface area contributed by atoms with E-state index in [1.54, 1.807) is 0 Å². The van der Waals surface area contributed by atoms with Crippen LogP contribution in [0.15, 0.2) is 0 Å². The van der Waals surface area contributed by atoms with Gasteiger partial charge in [0, 0.05) is 18.7 Å². The van der Waals surface area contributed by atoms with Crippen molar-refractivity contribution in [3.05, 3.63) is 0 Å². The van der Waals surface area contributed by atoms with Crippen molar-refractivity contribution < 1.29 is 5.11 Å². The van der Waals surface area contributed by atoms with Crippen molar-refractivity contribution in [2.45, 2.75) is 39.3 Å². The van der Waals surface area contributed by atoms with Crippen molar-refractivity contribution in [2.24, 2.45) is 5.92 Å².